The molecule has 4 nitrogen and oxygen atoms in total. The van der Waals surface area contributed by atoms with Crippen LogP contribution in [0.25, 0.3) is 0 Å². The van der Waals surface area contributed by atoms with E-state index in [1.807, 2.05) is 18.2 Å². The second-order valence-corrected chi connectivity index (χ2v) is 4.32. The van der Waals surface area contributed by atoms with Crippen molar-refractivity contribution < 1.29 is 9.59 Å². The molecule has 82 valence electrons. The average Bonchev–Trinajstić information content (AvgIpc) is 2.67. The zero-order chi connectivity index (χ0) is 11.2. The number of hydrogen-bond donors (Lipinski definition) is 2. The lowest BCUT2D eigenvalue weighted by molar-refractivity contribution is -0.123. The molecule has 2 aliphatic rings. The van der Waals surface area contributed by atoms with Crippen LogP contribution < -0.4 is 10.6 Å². The molecule has 1 aromatic rings. The van der Waals surface area contributed by atoms with Crippen LogP contribution in [-0.2, 0) is 10.2 Å². The van der Waals surface area contributed by atoms with Crippen LogP contribution in [-0.4, -0.2) is 24.9 Å². The lowest BCUT2D eigenvalue weighted by Gasteiger charge is -2.32. The van der Waals surface area contributed by atoms with Crippen LogP contribution in [0.5, 0.6) is 0 Å². The molecule has 3 rings (SSSR count). The number of nitrogens with one attached hydrogen (secondary N) is 2. The van der Waals surface area contributed by atoms with E-state index in [0.29, 0.717) is 18.7 Å². The van der Waals surface area contributed by atoms with Crippen LogP contribution >= 0.6 is 0 Å². The van der Waals surface area contributed by atoms with Crippen molar-refractivity contribution in [3.8, 4) is 0 Å². The first-order chi connectivity index (χ1) is 7.74. The predicted octanol–water partition coefficient (Wildman–Crippen LogP) is 0.188. The molecule has 1 unspecified atom stereocenters. The summed E-state index contributed by atoms with van der Waals surface area (Å²) in [4.78, 5) is 23.6. The molecule has 2 heterocycles. The Morgan fingerprint density at radius 1 is 1.12 bits per heavy atom. The third-order valence-corrected chi connectivity index (χ3v) is 3.51. The summed E-state index contributed by atoms with van der Waals surface area (Å²) in [5.41, 5.74) is 0.962. The van der Waals surface area contributed by atoms with Gasteiger partial charge in [0.2, 0.25) is 5.91 Å². The molecule has 4 heteroatoms. The largest absolute Gasteiger partial charge is 0.355 e. The van der Waals surface area contributed by atoms with Crippen molar-refractivity contribution in [1.29, 1.82) is 0 Å². The molecular weight excluding hydrogens is 204 g/mol. The van der Waals surface area contributed by atoms with Gasteiger partial charge in [-0.25, -0.2) is 0 Å². The highest BCUT2D eigenvalue weighted by atomic mass is 16.2. The summed E-state index contributed by atoms with van der Waals surface area (Å²) in [6, 6.07) is 7.37. The molecule has 2 amide bonds. The van der Waals surface area contributed by atoms with E-state index in [-0.39, 0.29) is 11.8 Å². The van der Waals surface area contributed by atoms with E-state index in [1.54, 1.807) is 6.07 Å². The summed E-state index contributed by atoms with van der Waals surface area (Å²) in [6.45, 7) is 1.09. The summed E-state index contributed by atoms with van der Waals surface area (Å²) in [5, 5.41) is 5.65. The van der Waals surface area contributed by atoms with Crippen LogP contribution in [0.4, 0.5) is 0 Å². The number of rotatable bonds is 0. The maximum absolute atomic E-state index is 12.0. The van der Waals surface area contributed by atoms with Crippen molar-refractivity contribution in [3.05, 3.63) is 35.4 Å². The molecule has 2 N–H and O–H groups in total. The highest BCUT2D eigenvalue weighted by Crippen LogP contribution is 2.35. The summed E-state index contributed by atoms with van der Waals surface area (Å²) < 4.78 is 0. The first-order valence-corrected chi connectivity index (χ1v) is 5.40. The van der Waals surface area contributed by atoms with Gasteiger partial charge < -0.3 is 10.6 Å². The van der Waals surface area contributed by atoms with Crippen molar-refractivity contribution >= 4 is 11.8 Å². The van der Waals surface area contributed by atoms with E-state index in [1.165, 1.54) is 0 Å². The highest BCUT2D eigenvalue weighted by Gasteiger charge is 2.48. The number of benzene rings is 1. The van der Waals surface area contributed by atoms with Crippen LogP contribution in [0.2, 0.25) is 0 Å². The zero-order valence-electron chi connectivity index (χ0n) is 8.75. The molecule has 16 heavy (non-hydrogen) atoms. The maximum Gasteiger partial charge on any atom is 0.251 e. The van der Waals surface area contributed by atoms with Gasteiger partial charge in [-0.1, -0.05) is 18.2 Å². The second-order valence-electron chi connectivity index (χ2n) is 4.32. The Labute approximate surface area is 93.0 Å². The highest BCUT2D eigenvalue weighted by molar-refractivity contribution is 6.02. The minimum Gasteiger partial charge on any atom is -0.355 e. The van der Waals surface area contributed by atoms with E-state index in [0.717, 1.165) is 12.0 Å². The fourth-order valence-electron chi connectivity index (χ4n) is 2.62. The molecular formula is C12H12N2O2. The summed E-state index contributed by atoms with van der Waals surface area (Å²) in [5.74, 6) is -0.0547. The normalized spacial score (nSPS) is 27.5. The van der Waals surface area contributed by atoms with E-state index in [4.69, 9.17) is 0 Å². The molecule has 0 aromatic heterocycles. The Bertz CT molecular complexity index is 484. The molecule has 0 bridgehead atoms. The summed E-state index contributed by atoms with van der Waals surface area (Å²) >= 11 is 0. The van der Waals surface area contributed by atoms with Gasteiger partial charge in [-0.05, 0) is 18.1 Å². The van der Waals surface area contributed by atoms with Crippen molar-refractivity contribution in [2.75, 3.05) is 13.1 Å². The topological polar surface area (TPSA) is 58.2 Å². The Hall–Kier alpha value is -1.84. The summed E-state index contributed by atoms with van der Waals surface area (Å²) in [7, 11) is 0. The van der Waals surface area contributed by atoms with Crippen LogP contribution in [0, 0.1) is 0 Å². The number of hydrogen-bond acceptors (Lipinski definition) is 2. The van der Waals surface area contributed by atoms with Gasteiger partial charge in [0, 0.05) is 18.7 Å². The fourth-order valence-corrected chi connectivity index (χ4v) is 2.62. The molecule has 1 fully saturated rings. The van der Waals surface area contributed by atoms with Gasteiger partial charge in [-0.3, -0.25) is 9.59 Å². The molecule has 0 radical (unpaired) electrons. The molecule has 1 spiro atoms. The zero-order valence-corrected chi connectivity index (χ0v) is 8.75. The number of amides is 2. The Morgan fingerprint density at radius 3 is 2.69 bits per heavy atom. The van der Waals surface area contributed by atoms with Crippen LogP contribution in [0.15, 0.2) is 24.3 Å². The van der Waals surface area contributed by atoms with E-state index in [2.05, 4.69) is 10.6 Å². The van der Waals surface area contributed by atoms with Crippen LogP contribution in [0.1, 0.15) is 22.3 Å². The third kappa shape index (κ3) is 1.04. The molecule has 2 aliphatic heterocycles. The Morgan fingerprint density at radius 2 is 1.94 bits per heavy atom. The number of carbonyl (C=O) groups is 2. The number of fused-ring (bicyclic) bond motifs is 2. The first kappa shape index (κ1) is 9.39. The lowest BCUT2D eigenvalue weighted by atomic mass is 9.74. The van der Waals surface area contributed by atoms with Gasteiger partial charge in [-0.15, -0.1) is 0 Å². The van der Waals surface area contributed by atoms with Crippen molar-refractivity contribution in [2.24, 2.45) is 0 Å². The van der Waals surface area contributed by atoms with Crippen molar-refractivity contribution in [1.82, 2.24) is 10.6 Å². The fraction of sp³-hybridized carbons (Fsp3) is 0.333. The van der Waals surface area contributed by atoms with Gasteiger partial charge >= 0.3 is 0 Å². The van der Waals surface area contributed by atoms with Gasteiger partial charge in [0.1, 0.15) is 0 Å². The average molecular weight is 216 g/mol. The van der Waals surface area contributed by atoms with Crippen LogP contribution in [0.3, 0.4) is 0 Å². The Balaban J connectivity index is 2.21. The van der Waals surface area contributed by atoms with Gasteiger partial charge in [0.05, 0.1) is 5.41 Å². The van der Waals surface area contributed by atoms with Gasteiger partial charge in [0.25, 0.3) is 5.91 Å². The van der Waals surface area contributed by atoms with Gasteiger partial charge in [0.15, 0.2) is 0 Å². The SMILES string of the molecule is O=C1NCC2(CCNC2=O)c2ccccc21. The van der Waals surface area contributed by atoms with Gasteiger partial charge in [-0.2, -0.15) is 0 Å². The molecule has 1 saturated heterocycles. The number of carbonyl (C=O) groups excluding carboxylic acids is 2. The lowest BCUT2D eigenvalue weighted by Crippen LogP contribution is -2.50. The predicted molar refractivity (Wildman–Crippen MR) is 58.1 cm³/mol. The standard InChI is InChI=1S/C12H12N2O2/c15-10-8-3-1-2-4-9(8)12(7-14-10)5-6-13-11(12)16/h1-4H,5-7H2,(H,13,16)(H,14,15). The molecule has 0 aliphatic carbocycles. The molecule has 0 saturated carbocycles. The van der Waals surface area contributed by atoms with E-state index in [9.17, 15) is 9.59 Å². The van der Waals surface area contributed by atoms with Crippen molar-refractivity contribution in [3.63, 3.8) is 0 Å². The first-order valence-electron chi connectivity index (χ1n) is 5.40. The summed E-state index contributed by atoms with van der Waals surface area (Å²) in [6.07, 6.45) is 0.753. The van der Waals surface area contributed by atoms with E-state index < -0.39 is 5.41 Å². The molecule has 1 atom stereocenters. The minimum atomic E-state index is -0.537. The third-order valence-electron chi connectivity index (χ3n) is 3.51. The monoisotopic (exact) mass is 216 g/mol. The molecule has 1 aromatic carbocycles. The second kappa shape index (κ2) is 3.07. The minimum absolute atomic E-state index is 0.0277. The van der Waals surface area contributed by atoms with E-state index >= 15 is 0 Å². The quantitative estimate of drug-likeness (QED) is 0.650. The van der Waals surface area contributed by atoms with Crippen molar-refractivity contribution in [2.45, 2.75) is 11.8 Å². The smallest absolute Gasteiger partial charge is 0.251 e. The Kier molecular flexibility index (Phi) is 1.80. The maximum atomic E-state index is 12.0.